The summed E-state index contributed by atoms with van der Waals surface area (Å²) < 4.78 is 0. The van der Waals surface area contributed by atoms with Gasteiger partial charge in [0, 0.05) is 64.9 Å². The van der Waals surface area contributed by atoms with Crippen LogP contribution in [0.15, 0.2) is 42.5 Å². The van der Waals surface area contributed by atoms with E-state index in [1.807, 2.05) is 0 Å². The molecule has 1 fully saturated rings. The summed E-state index contributed by atoms with van der Waals surface area (Å²) in [6.45, 7) is 8.96. The first-order valence-corrected chi connectivity index (χ1v) is 13.0. The SMILES string of the molecule is [Cl][Mn][Cl].c1ccc2c(C3CNCCNCCNCCNCCN3)cccc2c1. The second kappa shape index (κ2) is 15.4. The quantitative estimate of drug-likeness (QED) is 0.417. The molecule has 1 heterocycles. The fourth-order valence-electron chi connectivity index (χ4n) is 3.33. The molecule has 2 aromatic carbocycles. The number of halogens is 2. The first-order chi connectivity index (χ1) is 13.9. The molecule has 0 bridgehead atoms. The maximum absolute atomic E-state index is 4.80. The van der Waals surface area contributed by atoms with E-state index in [4.69, 9.17) is 20.2 Å². The Morgan fingerprint density at radius 2 is 1.21 bits per heavy atom. The van der Waals surface area contributed by atoms with Gasteiger partial charge in [0.15, 0.2) is 0 Å². The Balaban J connectivity index is 0.000000878. The molecule has 1 atom stereocenters. The molecular weight excluding hydrogens is 436 g/mol. The summed E-state index contributed by atoms with van der Waals surface area (Å²) in [5, 5.41) is 20.4. The van der Waals surface area contributed by atoms with Crippen molar-refractivity contribution in [2.45, 2.75) is 6.04 Å². The molecule has 0 amide bonds. The monoisotopic (exact) mass is 466 g/mol. The normalized spacial score (nSPS) is 20.4. The van der Waals surface area contributed by atoms with Crippen LogP contribution < -0.4 is 26.6 Å². The van der Waals surface area contributed by atoms with Crippen molar-refractivity contribution < 1.29 is 13.1 Å². The molecule has 1 aliphatic rings. The Hall–Kier alpha value is -0.401. The van der Waals surface area contributed by atoms with Gasteiger partial charge in [-0.25, -0.2) is 0 Å². The minimum Gasteiger partial charge on any atom is -0.314 e. The average molecular weight is 467 g/mol. The minimum atomic E-state index is 0.00694. The van der Waals surface area contributed by atoms with Crippen LogP contribution in [0.1, 0.15) is 11.6 Å². The van der Waals surface area contributed by atoms with E-state index < -0.39 is 0 Å². The molecule has 0 aliphatic carbocycles. The van der Waals surface area contributed by atoms with Crippen molar-refractivity contribution in [2.75, 3.05) is 58.9 Å². The summed E-state index contributed by atoms with van der Waals surface area (Å²) in [5.41, 5.74) is 1.38. The van der Waals surface area contributed by atoms with Gasteiger partial charge < -0.3 is 26.6 Å². The Kier molecular flexibility index (Phi) is 13.2. The van der Waals surface area contributed by atoms with Crippen LogP contribution in [0.2, 0.25) is 0 Å². The predicted octanol–water partition coefficient (Wildman–Crippen LogP) is 2.22. The summed E-state index contributed by atoms with van der Waals surface area (Å²) >= 11 is 0.00694. The molecule has 0 spiro atoms. The fourth-order valence-corrected chi connectivity index (χ4v) is 3.33. The van der Waals surface area contributed by atoms with E-state index in [1.165, 1.54) is 16.3 Å². The van der Waals surface area contributed by atoms with Crippen molar-refractivity contribution in [3.05, 3.63) is 48.0 Å². The number of rotatable bonds is 1. The molecule has 157 valence electrons. The number of hydrogen-bond donors (Lipinski definition) is 5. The van der Waals surface area contributed by atoms with Crippen molar-refractivity contribution in [3.8, 4) is 0 Å². The van der Waals surface area contributed by atoms with Crippen LogP contribution in [0.4, 0.5) is 0 Å². The first-order valence-electron chi connectivity index (χ1n) is 9.77. The zero-order valence-electron chi connectivity index (χ0n) is 16.1. The van der Waals surface area contributed by atoms with Gasteiger partial charge in [-0.1, -0.05) is 42.5 Å². The third-order valence-corrected chi connectivity index (χ3v) is 4.68. The Morgan fingerprint density at radius 1 is 0.679 bits per heavy atom. The Morgan fingerprint density at radius 3 is 1.89 bits per heavy atom. The third kappa shape index (κ3) is 8.95. The molecule has 28 heavy (non-hydrogen) atoms. The molecular formula is C20H31Cl2MnN5. The van der Waals surface area contributed by atoms with E-state index in [0.717, 1.165) is 58.9 Å². The van der Waals surface area contributed by atoms with E-state index in [9.17, 15) is 0 Å². The zero-order valence-corrected chi connectivity index (χ0v) is 18.8. The number of fused-ring (bicyclic) bond motifs is 1. The van der Waals surface area contributed by atoms with E-state index in [0.29, 0.717) is 6.04 Å². The van der Waals surface area contributed by atoms with Gasteiger partial charge in [-0.15, -0.1) is 0 Å². The van der Waals surface area contributed by atoms with E-state index in [2.05, 4.69) is 69.0 Å². The molecule has 0 aromatic heterocycles. The van der Waals surface area contributed by atoms with Crippen molar-refractivity contribution in [2.24, 2.45) is 0 Å². The van der Waals surface area contributed by atoms with Gasteiger partial charge in [0.2, 0.25) is 0 Å². The minimum absolute atomic E-state index is 0.00694. The van der Waals surface area contributed by atoms with Crippen LogP contribution in [-0.4, -0.2) is 58.9 Å². The van der Waals surface area contributed by atoms with Crippen molar-refractivity contribution >= 4 is 31.0 Å². The Bertz CT molecular complexity index is 640. The second-order valence-electron chi connectivity index (χ2n) is 6.58. The maximum Gasteiger partial charge on any atom is 0.0453 e. The molecule has 2 aromatic rings. The number of nitrogens with one attached hydrogen (secondary N) is 5. The largest absolute Gasteiger partial charge is 0.314 e. The van der Waals surface area contributed by atoms with Gasteiger partial charge in [-0.05, 0) is 16.3 Å². The van der Waals surface area contributed by atoms with Crippen LogP contribution in [-0.2, 0) is 13.1 Å². The topological polar surface area (TPSA) is 60.1 Å². The molecule has 5 N–H and O–H groups in total. The van der Waals surface area contributed by atoms with Gasteiger partial charge in [0.05, 0.1) is 0 Å². The van der Waals surface area contributed by atoms with Gasteiger partial charge in [-0.3, -0.25) is 0 Å². The zero-order chi connectivity index (χ0) is 19.9. The van der Waals surface area contributed by atoms with Gasteiger partial charge >= 0.3 is 33.3 Å². The average Bonchev–Trinajstić information content (AvgIpc) is 2.73. The number of hydrogen-bond acceptors (Lipinski definition) is 5. The Labute approximate surface area is 183 Å². The molecule has 3 rings (SSSR count). The first kappa shape index (κ1) is 23.9. The molecule has 1 aliphatic heterocycles. The molecule has 0 radical (unpaired) electrons. The summed E-state index contributed by atoms with van der Waals surface area (Å²) in [4.78, 5) is 0. The van der Waals surface area contributed by atoms with Crippen LogP contribution in [0.3, 0.4) is 0 Å². The smallest absolute Gasteiger partial charge is 0.0453 e. The summed E-state index contributed by atoms with van der Waals surface area (Å²) in [6.07, 6.45) is 0. The standard InChI is InChI=1S/C20H31N5.2ClH.Mn/c1-2-6-18-17(4-1)5-3-7-19(18)20-16-24-13-12-22-9-8-21-10-11-23-14-15-25-20;;;/h1-7,20-25H,8-16H2;2*1H;/q;;;+2/p-2. The van der Waals surface area contributed by atoms with E-state index in [1.54, 1.807) is 0 Å². The fraction of sp³-hybridized carbons (Fsp3) is 0.500. The summed E-state index contributed by atoms with van der Waals surface area (Å²) in [7, 11) is 9.59. The van der Waals surface area contributed by atoms with Crippen LogP contribution >= 0.6 is 20.2 Å². The van der Waals surface area contributed by atoms with E-state index in [-0.39, 0.29) is 13.1 Å². The molecule has 1 saturated heterocycles. The molecule has 0 saturated carbocycles. The van der Waals surface area contributed by atoms with Crippen LogP contribution in [0.25, 0.3) is 10.8 Å². The van der Waals surface area contributed by atoms with Crippen LogP contribution in [0, 0.1) is 0 Å². The third-order valence-electron chi connectivity index (χ3n) is 4.68. The van der Waals surface area contributed by atoms with Crippen molar-refractivity contribution in [1.82, 2.24) is 26.6 Å². The summed E-state index contributed by atoms with van der Waals surface area (Å²) in [5.74, 6) is 0. The number of benzene rings is 2. The van der Waals surface area contributed by atoms with Crippen LogP contribution in [0.5, 0.6) is 0 Å². The van der Waals surface area contributed by atoms with Gasteiger partial charge in [0.25, 0.3) is 0 Å². The molecule has 1 unspecified atom stereocenters. The second-order valence-corrected chi connectivity index (χ2v) is 8.53. The van der Waals surface area contributed by atoms with E-state index >= 15 is 0 Å². The van der Waals surface area contributed by atoms with Gasteiger partial charge in [0.1, 0.15) is 0 Å². The van der Waals surface area contributed by atoms with Crippen molar-refractivity contribution in [3.63, 3.8) is 0 Å². The molecule has 5 nitrogen and oxygen atoms in total. The molecule has 8 heteroatoms. The van der Waals surface area contributed by atoms with Gasteiger partial charge in [-0.2, -0.15) is 0 Å². The summed E-state index contributed by atoms with van der Waals surface area (Å²) in [6, 6.07) is 15.6. The predicted molar refractivity (Wildman–Crippen MR) is 118 cm³/mol. The maximum atomic E-state index is 4.80. The van der Waals surface area contributed by atoms with Crippen molar-refractivity contribution in [1.29, 1.82) is 0 Å².